The highest BCUT2D eigenvalue weighted by molar-refractivity contribution is 7.99. The van der Waals surface area contributed by atoms with Crippen molar-refractivity contribution >= 4 is 45.0 Å². The Morgan fingerprint density at radius 1 is 1.25 bits per heavy atom. The summed E-state index contributed by atoms with van der Waals surface area (Å²) in [6.45, 7) is 5.91. The Bertz CT molecular complexity index is 1130. The SMILES string of the molecule is Cc1cc(C)n2c(SCC(=O)N(C)[C@@H](C)c3nc4ccccc4s3)nnc2n1. The highest BCUT2D eigenvalue weighted by Gasteiger charge is 2.21. The lowest BCUT2D eigenvalue weighted by molar-refractivity contribution is -0.128. The number of amides is 1. The lowest BCUT2D eigenvalue weighted by atomic mass is 10.3. The first-order valence-electron chi connectivity index (χ1n) is 8.87. The van der Waals surface area contributed by atoms with E-state index in [1.165, 1.54) is 11.8 Å². The van der Waals surface area contributed by atoms with Gasteiger partial charge in [-0.25, -0.2) is 9.97 Å². The van der Waals surface area contributed by atoms with Gasteiger partial charge in [0.05, 0.1) is 22.0 Å². The van der Waals surface area contributed by atoms with Crippen molar-refractivity contribution in [3.8, 4) is 0 Å². The minimum absolute atomic E-state index is 0.0197. The van der Waals surface area contributed by atoms with Gasteiger partial charge in [-0.05, 0) is 39.0 Å². The topological polar surface area (TPSA) is 76.3 Å². The standard InChI is InChI=1S/C19H20N6OS2/c1-11-9-12(2)25-18(20-11)22-23-19(25)27-10-16(26)24(4)13(3)17-21-14-7-5-6-8-15(14)28-17/h5-9,13H,10H2,1-4H3/t13-/m0/s1. The minimum atomic E-state index is -0.0910. The molecule has 0 radical (unpaired) electrons. The number of thiazole rings is 1. The van der Waals surface area contributed by atoms with Crippen LogP contribution in [0.4, 0.5) is 0 Å². The number of aromatic nitrogens is 5. The normalized spacial score (nSPS) is 12.6. The van der Waals surface area contributed by atoms with Crippen molar-refractivity contribution in [3.05, 3.63) is 46.7 Å². The van der Waals surface area contributed by atoms with E-state index in [1.807, 2.05) is 56.5 Å². The average molecular weight is 413 g/mol. The Morgan fingerprint density at radius 2 is 2.04 bits per heavy atom. The van der Waals surface area contributed by atoms with Gasteiger partial charge in [0, 0.05) is 18.4 Å². The highest BCUT2D eigenvalue weighted by Crippen LogP contribution is 2.29. The van der Waals surface area contributed by atoms with Gasteiger partial charge in [-0.2, -0.15) is 0 Å². The second-order valence-electron chi connectivity index (χ2n) is 6.65. The summed E-state index contributed by atoms with van der Waals surface area (Å²) in [6.07, 6.45) is 0. The van der Waals surface area contributed by atoms with E-state index in [2.05, 4.69) is 26.2 Å². The predicted octanol–water partition coefficient (Wildman–Crippen LogP) is 3.66. The van der Waals surface area contributed by atoms with Crippen molar-refractivity contribution in [1.29, 1.82) is 0 Å². The third-order valence-electron chi connectivity index (χ3n) is 4.63. The molecule has 0 spiro atoms. The van der Waals surface area contributed by atoms with Crippen LogP contribution in [0.25, 0.3) is 16.0 Å². The first-order chi connectivity index (χ1) is 13.4. The lowest BCUT2D eigenvalue weighted by Gasteiger charge is -2.23. The third kappa shape index (κ3) is 3.47. The van der Waals surface area contributed by atoms with Crippen LogP contribution in [0.5, 0.6) is 0 Å². The fraction of sp³-hybridized carbons (Fsp3) is 0.316. The molecule has 0 saturated carbocycles. The van der Waals surface area contributed by atoms with Gasteiger partial charge in [0.1, 0.15) is 5.01 Å². The summed E-state index contributed by atoms with van der Waals surface area (Å²) < 4.78 is 3.01. The van der Waals surface area contributed by atoms with Gasteiger partial charge in [-0.15, -0.1) is 21.5 Å². The summed E-state index contributed by atoms with van der Waals surface area (Å²) in [4.78, 5) is 23.5. The molecule has 9 heteroatoms. The maximum Gasteiger partial charge on any atom is 0.256 e. The minimum Gasteiger partial charge on any atom is -0.336 e. The Kier molecular flexibility index (Phi) is 5.03. The maximum atomic E-state index is 12.8. The molecule has 3 heterocycles. The quantitative estimate of drug-likeness (QED) is 0.466. The van der Waals surface area contributed by atoms with Gasteiger partial charge in [-0.3, -0.25) is 9.20 Å². The largest absolute Gasteiger partial charge is 0.336 e. The van der Waals surface area contributed by atoms with Crippen LogP contribution in [0, 0.1) is 13.8 Å². The molecule has 7 nitrogen and oxygen atoms in total. The summed E-state index contributed by atoms with van der Waals surface area (Å²) in [5, 5.41) is 9.92. The zero-order valence-corrected chi connectivity index (χ0v) is 17.7. The maximum absolute atomic E-state index is 12.8. The van der Waals surface area contributed by atoms with Gasteiger partial charge in [0.15, 0.2) is 5.16 Å². The molecule has 0 saturated heterocycles. The van der Waals surface area contributed by atoms with Crippen LogP contribution in [0.1, 0.15) is 29.4 Å². The molecule has 4 aromatic rings. The Hall–Kier alpha value is -2.52. The fourth-order valence-corrected chi connectivity index (χ4v) is 4.94. The molecule has 0 unspecified atom stereocenters. The van der Waals surface area contributed by atoms with E-state index in [9.17, 15) is 4.79 Å². The van der Waals surface area contributed by atoms with Gasteiger partial charge >= 0.3 is 0 Å². The molecule has 0 bridgehead atoms. The molecule has 1 atom stereocenters. The highest BCUT2D eigenvalue weighted by atomic mass is 32.2. The van der Waals surface area contributed by atoms with Gasteiger partial charge in [0.2, 0.25) is 5.91 Å². The van der Waals surface area contributed by atoms with E-state index < -0.39 is 0 Å². The number of aryl methyl sites for hydroxylation is 2. The molecule has 1 aromatic carbocycles. The summed E-state index contributed by atoms with van der Waals surface area (Å²) in [7, 11) is 1.82. The second kappa shape index (κ2) is 7.48. The van der Waals surface area contributed by atoms with Gasteiger partial charge in [0.25, 0.3) is 5.78 Å². The molecule has 0 fully saturated rings. The molecule has 3 aromatic heterocycles. The molecule has 0 aliphatic rings. The van der Waals surface area contributed by atoms with E-state index in [1.54, 1.807) is 16.2 Å². The van der Waals surface area contributed by atoms with Crippen molar-refractivity contribution in [3.63, 3.8) is 0 Å². The van der Waals surface area contributed by atoms with Gasteiger partial charge in [-0.1, -0.05) is 23.9 Å². The van der Waals surface area contributed by atoms with E-state index in [0.29, 0.717) is 10.9 Å². The molecular weight excluding hydrogens is 392 g/mol. The number of fused-ring (bicyclic) bond motifs is 2. The zero-order valence-electron chi connectivity index (χ0n) is 16.1. The summed E-state index contributed by atoms with van der Waals surface area (Å²) in [6, 6.07) is 9.91. The molecule has 1 amide bonds. The number of carbonyl (C=O) groups is 1. The zero-order chi connectivity index (χ0) is 19.8. The number of nitrogens with zero attached hydrogens (tertiary/aromatic N) is 6. The van der Waals surface area contributed by atoms with Crippen LogP contribution < -0.4 is 0 Å². The summed E-state index contributed by atoms with van der Waals surface area (Å²) in [5.74, 6) is 0.856. The van der Waals surface area contributed by atoms with Crippen molar-refractivity contribution < 1.29 is 4.79 Å². The van der Waals surface area contributed by atoms with E-state index in [-0.39, 0.29) is 17.7 Å². The van der Waals surface area contributed by atoms with E-state index in [4.69, 9.17) is 0 Å². The number of rotatable bonds is 5. The van der Waals surface area contributed by atoms with Crippen molar-refractivity contribution in [2.75, 3.05) is 12.8 Å². The third-order valence-corrected chi connectivity index (χ3v) is 6.75. The number of hydrogen-bond donors (Lipinski definition) is 0. The van der Waals surface area contributed by atoms with Crippen LogP contribution >= 0.6 is 23.1 Å². The van der Waals surface area contributed by atoms with Crippen LogP contribution in [-0.2, 0) is 4.79 Å². The van der Waals surface area contributed by atoms with Crippen LogP contribution in [0.3, 0.4) is 0 Å². The van der Waals surface area contributed by atoms with E-state index >= 15 is 0 Å². The summed E-state index contributed by atoms with van der Waals surface area (Å²) in [5.41, 5.74) is 2.87. The fourth-order valence-electron chi connectivity index (χ4n) is 2.97. The molecule has 144 valence electrons. The average Bonchev–Trinajstić information content (AvgIpc) is 3.28. The second-order valence-corrected chi connectivity index (χ2v) is 8.65. The van der Waals surface area contributed by atoms with Crippen molar-refractivity contribution in [2.45, 2.75) is 32.0 Å². The number of thioether (sulfide) groups is 1. The number of hydrogen-bond acceptors (Lipinski definition) is 7. The first-order valence-corrected chi connectivity index (χ1v) is 10.7. The van der Waals surface area contributed by atoms with Crippen molar-refractivity contribution in [2.24, 2.45) is 0 Å². The smallest absolute Gasteiger partial charge is 0.256 e. The molecule has 4 rings (SSSR count). The molecule has 28 heavy (non-hydrogen) atoms. The molecule has 0 N–H and O–H groups in total. The van der Waals surface area contributed by atoms with Crippen LogP contribution in [0.2, 0.25) is 0 Å². The monoisotopic (exact) mass is 412 g/mol. The summed E-state index contributed by atoms with van der Waals surface area (Å²) >= 11 is 3.00. The Labute approximate surface area is 170 Å². The molecular formula is C19H20N6OS2. The lowest BCUT2D eigenvalue weighted by Crippen LogP contribution is -2.31. The van der Waals surface area contributed by atoms with Crippen molar-refractivity contribution in [1.82, 2.24) is 29.5 Å². The van der Waals surface area contributed by atoms with Gasteiger partial charge < -0.3 is 4.90 Å². The first kappa shape index (κ1) is 18.8. The number of carbonyl (C=O) groups excluding carboxylic acids is 1. The van der Waals surface area contributed by atoms with E-state index in [0.717, 1.165) is 26.6 Å². The van der Waals surface area contributed by atoms with Crippen LogP contribution in [-0.4, -0.2) is 48.2 Å². The number of benzene rings is 1. The van der Waals surface area contributed by atoms with Crippen LogP contribution in [0.15, 0.2) is 35.5 Å². The molecule has 0 aliphatic heterocycles. The Morgan fingerprint density at radius 3 is 2.82 bits per heavy atom. The predicted molar refractivity (Wildman–Crippen MR) is 112 cm³/mol. The number of para-hydroxylation sites is 1. The molecule has 0 aliphatic carbocycles. The Balaban J connectivity index is 1.47.